The Morgan fingerprint density at radius 1 is 1.16 bits per heavy atom. The van der Waals surface area contributed by atoms with E-state index >= 15 is 0 Å². The number of hydrogen-bond donors (Lipinski definition) is 0. The highest BCUT2D eigenvalue weighted by atomic mass is 32.2. The molecule has 3 aromatic rings. The maximum atomic E-state index is 12.8. The molecule has 9 nitrogen and oxygen atoms in total. The molecule has 0 spiro atoms. The molecule has 0 aliphatic carbocycles. The molecule has 4 rings (SSSR count). The average Bonchev–Trinajstić information content (AvgIpc) is 3.43. The van der Waals surface area contributed by atoms with Crippen LogP contribution in [0.25, 0.3) is 10.2 Å². The van der Waals surface area contributed by atoms with Crippen LogP contribution in [0.4, 0.5) is 5.69 Å². The largest absolute Gasteiger partial charge is 0.316 e. The van der Waals surface area contributed by atoms with E-state index in [1.54, 1.807) is 6.07 Å². The van der Waals surface area contributed by atoms with Crippen molar-refractivity contribution in [3.8, 4) is 0 Å². The van der Waals surface area contributed by atoms with Crippen molar-refractivity contribution in [2.24, 2.45) is 4.99 Å². The molecule has 0 N–H and O–H groups in total. The number of sulfonamides is 1. The Balaban J connectivity index is 1.68. The van der Waals surface area contributed by atoms with Crippen molar-refractivity contribution >= 4 is 43.2 Å². The van der Waals surface area contributed by atoms with Gasteiger partial charge in [-0.2, -0.15) is 9.30 Å². The lowest BCUT2D eigenvalue weighted by Crippen LogP contribution is -2.27. The number of rotatable bonds is 6. The number of carbonyl (C=O) groups is 1. The van der Waals surface area contributed by atoms with Crippen LogP contribution in [0.3, 0.4) is 0 Å². The quantitative estimate of drug-likeness (QED) is 0.400. The maximum Gasteiger partial charge on any atom is 0.279 e. The maximum absolute atomic E-state index is 12.8. The van der Waals surface area contributed by atoms with E-state index in [1.807, 2.05) is 11.5 Å². The second-order valence-electron chi connectivity index (χ2n) is 7.50. The van der Waals surface area contributed by atoms with Crippen LogP contribution < -0.4 is 4.80 Å². The smallest absolute Gasteiger partial charge is 0.279 e. The van der Waals surface area contributed by atoms with E-state index in [4.69, 9.17) is 0 Å². The first-order chi connectivity index (χ1) is 15.3. The minimum Gasteiger partial charge on any atom is -0.316 e. The monoisotopic (exact) mass is 474 g/mol. The number of hydrogen-bond acceptors (Lipinski definition) is 6. The van der Waals surface area contributed by atoms with Crippen LogP contribution in [0.1, 0.15) is 36.5 Å². The van der Waals surface area contributed by atoms with Gasteiger partial charge in [-0.05, 0) is 49.6 Å². The fourth-order valence-corrected chi connectivity index (χ4v) is 6.30. The van der Waals surface area contributed by atoms with Crippen LogP contribution in [0.5, 0.6) is 0 Å². The second kappa shape index (κ2) is 8.93. The summed E-state index contributed by atoms with van der Waals surface area (Å²) in [6.45, 7) is 3.63. The topological polar surface area (TPSA) is 115 Å². The minimum absolute atomic E-state index is 0.0184. The summed E-state index contributed by atoms with van der Waals surface area (Å²) < 4.78 is 29.3. The zero-order chi connectivity index (χ0) is 22.9. The van der Waals surface area contributed by atoms with Crippen molar-refractivity contribution in [2.45, 2.75) is 37.6 Å². The summed E-state index contributed by atoms with van der Waals surface area (Å²) in [5.41, 5.74) is 1.04. The Hall–Kier alpha value is -2.89. The van der Waals surface area contributed by atoms with Crippen molar-refractivity contribution in [1.82, 2.24) is 8.87 Å². The number of nitrogens with zero attached hydrogens (tertiary/aromatic N) is 4. The van der Waals surface area contributed by atoms with Crippen LogP contribution in [0, 0.1) is 10.1 Å². The van der Waals surface area contributed by atoms with Crippen LogP contribution in [-0.2, 0) is 16.6 Å². The normalized spacial score (nSPS) is 15.5. The molecule has 1 aromatic heterocycles. The molecule has 2 aromatic carbocycles. The fourth-order valence-electron chi connectivity index (χ4n) is 3.70. The van der Waals surface area contributed by atoms with Gasteiger partial charge in [0.2, 0.25) is 10.0 Å². The van der Waals surface area contributed by atoms with Gasteiger partial charge in [-0.15, -0.1) is 0 Å². The molecule has 1 amide bonds. The van der Waals surface area contributed by atoms with Gasteiger partial charge in [-0.3, -0.25) is 14.9 Å². The summed E-state index contributed by atoms with van der Waals surface area (Å²) in [6, 6.07) is 10.4. The summed E-state index contributed by atoms with van der Waals surface area (Å²) in [7, 11) is -3.55. The molecular formula is C21H22N4O5S2. The van der Waals surface area contributed by atoms with E-state index in [-0.39, 0.29) is 16.1 Å². The van der Waals surface area contributed by atoms with Crippen molar-refractivity contribution in [1.29, 1.82) is 0 Å². The van der Waals surface area contributed by atoms with Gasteiger partial charge in [0.1, 0.15) is 0 Å². The SMILES string of the molecule is CCCn1c(=NC(=O)c2ccc(S(=O)(=O)N3CCCC3)cc2)sc2cc([N+](=O)[O-])ccc21. The molecule has 0 saturated carbocycles. The number of fused-ring (bicyclic) bond motifs is 1. The molecule has 1 saturated heterocycles. The van der Waals surface area contributed by atoms with Gasteiger partial charge in [-0.25, -0.2) is 8.42 Å². The van der Waals surface area contributed by atoms with E-state index < -0.39 is 20.9 Å². The average molecular weight is 475 g/mol. The minimum atomic E-state index is -3.55. The third kappa shape index (κ3) is 4.23. The molecule has 2 heterocycles. The molecule has 0 bridgehead atoms. The van der Waals surface area contributed by atoms with E-state index in [9.17, 15) is 23.3 Å². The van der Waals surface area contributed by atoms with Gasteiger partial charge in [0, 0.05) is 37.3 Å². The highest BCUT2D eigenvalue weighted by Gasteiger charge is 2.27. The highest BCUT2D eigenvalue weighted by molar-refractivity contribution is 7.89. The lowest BCUT2D eigenvalue weighted by atomic mass is 10.2. The molecule has 1 aliphatic rings. The molecule has 1 aliphatic heterocycles. The number of aromatic nitrogens is 1. The first kappa shape index (κ1) is 22.3. The van der Waals surface area contributed by atoms with Gasteiger partial charge in [0.15, 0.2) is 4.80 Å². The predicted molar refractivity (Wildman–Crippen MR) is 121 cm³/mol. The van der Waals surface area contributed by atoms with E-state index in [2.05, 4.69) is 4.99 Å². The first-order valence-electron chi connectivity index (χ1n) is 10.3. The van der Waals surface area contributed by atoms with Crippen molar-refractivity contribution in [2.75, 3.05) is 13.1 Å². The Morgan fingerprint density at radius 3 is 2.47 bits per heavy atom. The number of nitro benzene ring substituents is 1. The Kier molecular flexibility index (Phi) is 6.22. The van der Waals surface area contributed by atoms with Crippen molar-refractivity contribution in [3.63, 3.8) is 0 Å². The standard InChI is InChI=1S/C21H22N4O5S2/c1-2-11-24-18-10-7-16(25(27)28)14-19(18)31-21(24)22-20(26)15-5-8-17(9-6-15)32(29,30)23-12-3-4-13-23/h5-10,14H,2-4,11-13H2,1H3. The molecule has 0 unspecified atom stereocenters. The van der Waals surface area contributed by atoms with Gasteiger partial charge in [-0.1, -0.05) is 18.3 Å². The Labute approximate surface area is 188 Å². The Morgan fingerprint density at radius 2 is 1.84 bits per heavy atom. The zero-order valence-electron chi connectivity index (χ0n) is 17.4. The van der Waals surface area contributed by atoms with Crippen molar-refractivity contribution < 1.29 is 18.1 Å². The summed E-state index contributed by atoms with van der Waals surface area (Å²) in [5, 5.41) is 11.1. The molecule has 1 fully saturated rings. The van der Waals surface area contributed by atoms with Crippen LogP contribution >= 0.6 is 11.3 Å². The highest BCUT2D eigenvalue weighted by Crippen LogP contribution is 2.24. The first-order valence-corrected chi connectivity index (χ1v) is 12.5. The van der Waals surface area contributed by atoms with Gasteiger partial charge in [0.25, 0.3) is 11.6 Å². The predicted octanol–water partition coefficient (Wildman–Crippen LogP) is 3.55. The van der Waals surface area contributed by atoms with Crippen LogP contribution in [0.2, 0.25) is 0 Å². The third-order valence-electron chi connectivity index (χ3n) is 5.33. The molecule has 32 heavy (non-hydrogen) atoms. The van der Waals surface area contributed by atoms with Gasteiger partial charge in [0.05, 0.1) is 20.0 Å². The van der Waals surface area contributed by atoms with Crippen LogP contribution in [0.15, 0.2) is 52.4 Å². The fraction of sp³-hybridized carbons (Fsp3) is 0.333. The molecular weight excluding hydrogens is 452 g/mol. The Bertz CT molecular complexity index is 1350. The lowest BCUT2D eigenvalue weighted by molar-refractivity contribution is -0.384. The molecule has 168 valence electrons. The number of thiazole rings is 1. The number of benzene rings is 2. The summed E-state index contributed by atoms with van der Waals surface area (Å²) in [6.07, 6.45) is 2.50. The van der Waals surface area contributed by atoms with E-state index in [0.717, 1.165) is 24.8 Å². The van der Waals surface area contributed by atoms with Gasteiger partial charge < -0.3 is 4.57 Å². The van der Waals surface area contributed by atoms with Crippen molar-refractivity contribution in [3.05, 3.63) is 62.9 Å². The van der Waals surface area contributed by atoms with Gasteiger partial charge >= 0.3 is 0 Å². The second-order valence-corrected chi connectivity index (χ2v) is 10.4. The van der Waals surface area contributed by atoms with E-state index in [0.29, 0.717) is 29.1 Å². The van der Waals surface area contributed by atoms with Crippen LogP contribution in [-0.4, -0.2) is 41.2 Å². The number of nitro groups is 1. The molecule has 0 atom stereocenters. The van der Waals surface area contributed by atoms with E-state index in [1.165, 1.54) is 52.0 Å². The number of carbonyl (C=O) groups excluding carboxylic acids is 1. The zero-order valence-corrected chi connectivity index (χ0v) is 19.1. The summed E-state index contributed by atoms with van der Waals surface area (Å²) in [5.74, 6) is -0.499. The number of amides is 1. The summed E-state index contributed by atoms with van der Waals surface area (Å²) >= 11 is 1.21. The summed E-state index contributed by atoms with van der Waals surface area (Å²) in [4.78, 5) is 28.3. The molecule has 11 heteroatoms. The lowest BCUT2D eigenvalue weighted by Gasteiger charge is -2.15. The number of non-ortho nitro benzene ring substituents is 1. The molecule has 0 radical (unpaired) electrons. The number of aryl methyl sites for hydroxylation is 1. The third-order valence-corrected chi connectivity index (χ3v) is 8.28.